The van der Waals surface area contributed by atoms with Crippen LogP contribution in [0.25, 0.3) is 10.9 Å². The normalized spacial score (nSPS) is 21.9. The van der Waals surface area contributed by atoms with Crippen LogP contribution >= 0.6 is 0 Å². The zero-order valence-electron chi connectivity index (χ0n) is 14.7. The molecule has 1 fully saturated rings. The molecule has 1 amide bonds. The molecule has 1 saturated heterocycles. The number of hydrogen-bond donors (Lipinski definition) is 2. The van der Waals surface area contributed by atoms with Gasteiger partial charge in [-0.2, -0.15) is 5.10 Å². The van der Waals surface area contributed by atoms with Gasteiger partial charge in [0.05, 0.1) is 17.6 Å². The third-order valence-electron chi connectivity index (χ3n) is 4.80. The molecule has 2 heterocycles. The van der Waals surface area contributed by atoms with Gasteiger partial charge in [-0.15, -0.1) is 0 Å². The van der Waals surface area contributed by atoms with Crippen molar-refractivity contribution in [3.63, 3.8) is 0 Å². The van der Waals surface area contributed by atoms with Crippen molar-refractivity contribution in [3.8, 4) is 0 Å². The molecule has 3 rings (SSSR count). The number of fused-ring (bicyclic) bond motifs is 1. The molecule has 130 valence electrons. The van der Waals surface area contributed by atoms with Gasteiger partial charge in [-0.3, -0.25) is 9.89 Å². The van der Waals surface area contributed by atoms with Gasteiger partial charge < -0.3 is 10.2 Å². The second-order valence-corrected chi connectivity index (χ2v) is 7.31. The van der Waals surface area contributed by atoms with Crippen molar-refractivity contribution < 1.29 is 4.79 Å². The van der Waals surface area contributed by atoms with Crippen molar-refractivity contribution in [3.05, 3.63) is 30.0 Å². The van der Waals surface area contributed by atoms with Gasteiger partial charge in [0.1, 0.15) is 0 Å². The van der Waals surface area contributed by atoms with E-state index in [4.69, 9.17) is 0 Å². The Morgan fingerprint density at radius 3 is 2.83 bits per heavy atom. The number of nitrogens with one attached hydrogen (secondary N) is 2. The Labute approximate surface area is 143 Å². The van der Waals surface area contributed by atoms with Crippen LogP contribution in [0, 0.1) is 11.8 Å². The van der Waals surface area contributed by atoms with Crippen LogP contribution in [0.15, 0.2) is 24.3 Å². The van der Waals surface area contributed by atoms with E-state index in [1.54, 1.807) is 0 Å². The Bertz CT molecular complexity index is 671. The smallest absolute Gasteiger partial charge is 0.226 e. The van der Waals surface area contributed by atoms with Crippen LogP contribution in [0.4, 0.5) is 0 Å². The van der Waals surface area contributed by atoms with Gasteiger partial charge in [-0.1, -0.05) is 32.0 Å². The molecule has 24 heavy (non-hydrogen) atoms. The van der Waals surface area contributed by atoms with E-state index in [0.717, 1.165) is 47.9 Å². The van der Waals surface area contributed by atoms with Gasteiger partial charge in [0.15, 0.2) is 0 Å². The Hall–Kier alpha value is -1.88. The minimum Gasteiger partial charge on any atom is -0.356 e. The van der Waals surface area contributed by atoms with E-state index in [1.165, 1.54) is 19.5 Å². The van der Waals surface area contributed by atoms with Crippen LogP contribution < -0.4 is 5.32 Å². The van der Waals surface area contributed by atoms with E-state index in [9.17, 15) is 4.79 Å². The van der Waals surface area contributed by atoms with Gasteiger partial charge in [-0.25, -0.2) is 0 Å². The van der Waals surface area contributed by atoms with Gasteiger partial charge in [0.2, 0.25) is 5.91 Å². The zero-order chi connectivity index (χ0) is 16.9. The number of amides is 1. The van der Waals surface area contributed by atoms with Crippen molar-refractivity contribution in [2.24, 2.45) is 11.8 Å². The SMILES string of the molecule is C[C@@H]1C[C@@H](C)CN(CCCNC(=O)Cc2[nH]nc3ccccc23)C1. The lowest BCUT2D eigenvalue weighted by Crippen LogP contribution is -2.40. The third kappa shape index (κ3) is 4.35. The molecule has 1 aromatic heterocycles. The highest BCUT2D eigenvalue weighted by atomic mass is 16.1. The van der Waals surface area contributed by atoms with Crippen molar-refractivity contribution in [1.29, 1.82) is 0 Å². The number of carbonyl (C=O) groups excluding carboxylic acids is 1. The number of H-pyrrole nitrogens is 1. The fraction of sp³-hybridized carbons (Fsp3) is 0.579. The number of hydrogen-bond acceptors (Lipinski definition) is 3. The Kier molecular flexibility index (Phi) is 5.51. The number of para-hydroxylation sites is 1. The number of nitrogens with zero attached hydrogens (tertiary/aromatic N) is 2. The number of rotatable bonds is 6. The van der Waals surface area contributed by atoms with Crippen molar-refractivity contribution in [1.82, 2.24) is 20.4 Å². The molecule has 5 nitrogen and oxygen atoms in total. The largest absolute Gasteiger partial charge is 0.356 e. The molecule has 2 N–H and O–H groups in total. The summed E-state index contributed by atoms with van der Waals surface area (Å²) in [6.07, 6.45) is 2.71. The van der Waals surface area contributed by atoms with Crippen molar-refractivity contribution in [2.75, 3.05) is 26.2 Å². The molecule has 1 aliphatic rings. The van der Waals surface area contributed by atoms with E-state index >= 15 is 0 Å². The van der Waals surface area contributed by atoms with Gasteiger partial charge in [-0.05, 0) is 37.3 Å². The topological polar surface area (TPSA) is 61.0 Å². The summed E-state index contributed by atoms with van der Waals surface area (Å²) in [5.74, 6) is 1.64. The molecule has 0 bridgehead atoms. The molecule has 1 aliphatic heterocycles. The average Bonchev–Trinajstić information content (AvgIpc) is 2.94. The zero-order valence-corrected chi connectivity index (χ0v) is 14.7. The summed E-state index contributed by atoms with van der Waals surface area (Å²) in [6, 6.07) is 7.88. The first kappa shape index (κ1) is 17.0. The molecule has 0 radical (unpaired) electrons. The lowest BCUT2D eigenvalue weighted by Gasteiger charge is -2.34. The molecule has 2 atom stereocenters. The predicted octanol–water partition coefficient (Wildman–Crippen LogP) is 2.59. The second kappa shape index (κ2) is 7.79. The number of carbonyl (C=O) groups is 1. The summed E-state index contributed by atoms with van der Waals surface area (Å²) >= 11 is 0. The Balaban J connectivity index is 1.40. The summed E-state index contributed by atoms with van der Waals surface area (Å²) in [5.41, 5.74) is 1.80. The molecular weight excluding hydrogens is 300 g/mol. The fourth-order valence-electron chi connectivity index (χ4n) is 3.88. The Morgan fingerprint density at radius 1 is 1.29 bits per heavy atom. The summed E-state index contributed by atoms with van der Waals surface area (Å²) in [4.78, 5) is 14.7. The van der Waals surface area contributed by atoms with E-state index in [0.29, 0.717) is 6.42 Å². The van der Waals surface area contributed by atoms with E-state index < -0.39 is 0 Å². The van der Waals surface area contributed by atoms with E-state index in [2.05, 4.69) is 34.3 Å². The predicted molar refractivity (Wildman–Crippen MR) is 96.8 cm³/mol. The summed E-state index contributed by atoms with van der Waals surface area (Å²) in [6.45, 7) is 8.86. The molecular formula is C19H28N4O. The lowest BCUT2D eigenvalue weighted by molar-refractivity contribution is -0.120. The molecule has 0 unspecified atom stereocenters. The second-order valence-electron chi connectivity index (χ2n) is 7.31. The maximum atomic E-state index is 12.1. The summed E-state index contributed by atoms with van der Waals surface area (Å²) < 4.78 is 0. The molecule has 0 aliphatic carbocycles. The highest BCUT2D eigenvalue weighted by molar-refractivity contribution is 5.87. The third-order valence-corrected chi connectivity index (χ3v) is 4.80. The van der Waals surface area contributed by atoms with Crippen molar-refractivity contribution in [2.45, 2.75) is 33.1 Å². The molecule has 0 spiro atoms. The van der Waals surface area contributed by atoms with Crippen LogP contribution in [-0.4, -0.2) is 47.2 Å². The average molecular weight is 328 g/mol. The van der Waals surface area contributed by atoms with Crippen molar-refractivity contribution >= 4 is 16.8 Å². The van der Waals surface area contributed by atoms with Crippen LogP contribution in [-0.2, 0) is 11.2 Å². The van der Waals surface area contributed by atoms with Crippen LogP contribution in [0.3, 0.4) is 0 Å². The number of benzene rings is 1. The number of aromatic amines is 1. The highest BCUT2D eigenvalue weighted by Crippen LogP contribution is 2.20. The number of likely N-dealkylation sites (tertiary alicyclic amines) is 1. The monoisotopic (exact) mass is 328 g/mol. The summed E-state index contributed by atoms with van der Waals surface area (Å²) in [5, 5.41) is 11.3. The summed E-state index contributed by atoms with van der Waals surface area (Å²) in [7, 11) is 0. The highest BCUT2D eigenvalue weighted by Gasteiger charge is 2.21. The Morgan fingerprint density at radius 2 is 2.04 bits per heavy atom. The molecule has 1 aromatic carbocycles. The van der Waals surface area contributed by atoms with Crippen LogP contribution in [0.5, 0.6) is 0 Å². The van der Waals surface area contributed by atoms with Gasteiger partial charge in [0.25, 0.3) is 0 Å². The van der Waals surface area contributed by atoms with Crippen LogP contribution in [0.2, 0.25) is 0 Å². The first-order chi connectivity index (χ1) is 11.6. The van der Waals surface area contributed by atoms with Crippen LogP contribution in [0.1, 0.15) is 32.4 Å². The van der Waals surface area contributed by atoms with Gasteiger partial charge >= 0.3 is 0 Å². The van der Waals surface area contributed by atoms with E-state index in [1.807, 2.05) is 24.3 Å². The molecule has 0 saturated carbocycles. The first-order valence-corrected chi connectivity index (χ1v) is 9.03. The fourth-order valence-corrected chi connectivity index (χ4v) is 3.88. The molecule has 5 heteroatoms. The lowest BCUT2D eigenvalue weighted by atomic mass is 9.92. The minimum atomic E-state index is 0.0600. The minimum absolute atomic E-state index is 0.0600. The van der Waals surface area contributed by atoms with E-state index in [-0.39, 0.29) is 5.91 Å². The molecule has 2 aromatic rings. The maximum Gasteiger partial charge on any atom is 0.226 e. The standard InChI is InChI=1S/C19H28N4O/c1-14-10-15(2)13-23(12-14)9-5-8-20-19(24)11-18-16-6-3-4-7-17(16)21-22-18/h3-4,6-7,14-15H,5,8-13H2,1-2H3,(H,20,24)(H,21,22)/t14-,15-/m1/s1. The number of aromatic nitrogens is 2. The maximum absolute atomic E-state index is 12.1. The first-order valence-electron chi connectivity index (χ1n) is 9.03. The quantitative estimate of drug-likeness (QED) is 0.801. The van der Waals surface area contributed by atoms with Gasteiger partial charge in [0, 0.05) is 25.0 Å². The number of piperidine rings is 1.